The number of amides is 1. The maximum atomic E-state index is 11.9. The Morgan fingerprint density at radius 3 is 2.53 bits per heavy atom. The van der Waals surface area contributed by atoms with E-state index in [1.165, 1.54) is 6.07 Å². The molecule has 0 bridgehead atoms. The van der Waals surface area contributed by atoms with E-state index < -0.39 is 22.0 Å². The highest BCUT2D eigenvalue weighted by atomic mass is 32.2. The molecule has 1 aliphatic rings. The molecule has 2 rings (SSSR count). The minimum absolute atomic E-state index is 0.109. The molecule has 0 spiro atoms. The van der Waals surface area contributed by atoms with Gasteiger partial charge in [0, 0.05) is 5.56 Å². The Bertz CT molecular complexity index is 650. The summed E-state index contributed by atoms with van der Waals surface area (Å²) < 4.78 is 26.1. The van der Waals surface area contributed by atoms with Crippen molar-refractivity contribution >= 4 is 21.8 Å². The van der Waals surface area contributed by atoms with E-state index in [0.29, 0.717) is 5.56 Å². The molecule has 0 unspecified atom stereocenters. The Balaban J connectivity index is 2.52. The van der Waals surface area contributed by atoms with Crippen molar-refractivity contribution in [2.75, 3.05) is 0 Å². The van der Waals surface area contributed by atoms with Crippen LogP contribution in [0.25, 0.3) is 0 Å². The number of aliphatic imine (C=N–C) groups is 1. The lowest BCUT2D eigenvalue weighted by atomic mass is 10.0. The molecule has 0 fully saturated rings. The summed E-state index contributed by atoms with van der Waals surface area (Å²) in [5.74, 6) is -0.513. The van der Waals surface area contributed by atoms with E-state index in [4.69, 9.17) is 5.73 Å². The lowest BCUT2D eigenvalue weighted by Crippen LogP contribution is -2.34. The molecule has 0 aliphatic carbocycles. The molecule has 0 radical (unpaired) electrons. The topological polar surface area (TPSA) is 102 Å². The van der Waals surface area contributed by atoms with Crippen LogP contribution in [0.5, 0.6) is 0 Å². The zero-order chi connectivity index (χ0) is 14.2. The molecule has 6 nitrogen and oxygen atoms in total. The van der Waals surface area contributed by atoms with E-state index in [2.05, 4.69) is 9.71 Å². The van der Waals surface area contributed by atoms with Gasteiger partial charge in [-0.15, -0.1) is 0 Å². The molecule has 1 amide bonds. The van der Waals surface area contributed by atoms with E-state index >= 15 is 0 Å². The van der Waals surface area contributed by atoms with Crippen molar-refractivity contribution in [1.29, 1.82) is 0 Å². The number of hydrogen-bond donors (Lipinski definition) is 2. The fourth-order valence-corrected chi connectivity index (χ4v) is 3.15. The number of rotatable bonds is 3. The standard InChI is InChI=1S/C12H15N3O3S/c1-7(2)10(11(13)16)14-12-8-5-3-4-6-9(8)19(17,18)15-12/h3-7,10H,1-2H3,(H2,13,16)(H,14,15)/t10-/m0/s1. The molecule has 0 aromatic heterocycles. The van der Waals surface area contributed by atoms with Gasteiger partial charge in [0.1, 0.15) is 11.9 Å². The van der Waals surface area contributed by atoms with E-state index in [-0.39, 0.29) is 16.6 Å². The minimum atomic E-state index is -3.58. The van der Waals surface area contributed by atoms with Gasteiger partial charge in [0.25, 0.3) is 10.0 Å². The van der Waals surface area contributed by atoms with Gasteiger partial charge in [0.2, 0.25) is 5.91 Å². The number of nitrogens with zero attached hydrogens (tertiary/aromatic N) is 1. The monoisotopic (exact) mass is 281 g/mol. The van der Waals surface area contributed by atoms with Crippen molar-refractivity contribution in [1.82, 2.24) is 4.72 Å². The predicted octanol–water partition coefficient (Wildman–Crippen LogP) is 0.235. The van der Waals surface area contributed by atoms with Gasteiger partial charge in [-0.1, -0.05) is 26.0 Å². The first-order valence-corrected chi connectivity index (χ1v) is 7.30. The van der Waals surface area contributed by atoms with Gasteiger partial charge in [-0.2, -0.15) is 0 Å². The number of carbonyl (C=O) groups is 1. The first-order valence-electron chi connectivity index (χ1n) is 5.82. The normalized spacial score (nSPS) is 20.1. The lowest BCUT2D eigenvalue weighted by Gasteiger charge is -2.13. The van der Waals surface area contributed by atoms with Crippen molar-refractivity contribution in [2.45, 2.75) is 24.8 Å². The highest BCUT2D eigenvalue weighted by Crippen LogP contribution is 2.23. The van der Waals surface area contributed by atoms with Crippen molar-refractivity contribution in [3.05, 3.63) is 29.8 Å². The minimum Gasteiger partial charge on any atom is -0.368 e. The Hall–Kier alpha value is -1.89. The lowest BCUT2D eigenvalue weighted by molar-refractivity contribution is -0.120. The van der Waals surface area contributed by atoms with Crippen molar-refractivity contribution in [2.24, 2.45) is 16.6 Å². The summed E-state index contributed by atoms with van der Waals surface area (Å²) in [5, 5.41) is 0. The molecule has 102 valence electrons. The number of nitrogens with two attached hydrogens (primary N) is 1. The summed E-state index contributed by atoms with van der Waals surface area (Å²) in [5.41, 5.74) is 5.75. The van der Waals surface area contributed by atoms with Crippen molar-refractivity contribution in [3.63, 3.8) is 0 Å². The molecular weight excluding hydrogens is 266 g/mol. The van der Waals surface area contributed by atoms with Crippen LogP contribution in [0, 0.1) is 5.92 Å². The summed E-state index contributed by atoms with van der Waals surface area (Å²) in [6, 6.07) is 5.73. The second-order valence-corrected chi connectivity index (χ2v) is 6.32. The zero-order valence-corrected chi connectivity index (χ0v) is 11.4. The number of primary amides is 1. The van der Waals surface area contributed by atoms with Gasteiger partial charge in [-0.05, 0) is 18.1 Å². The Morgan fingerprint density at radius 2 is 1.95 bits per heavy atom. The molecule has 1 aliphatic heterocycles. The number of hydrogen-bond acceptors (Lipinski definition) is 4. The summed E-state index contributed by atoms with van der Waals surface area (Å²) in [6.07, 6.45) is 0. The second kappa shape index (κ2) is 4.65. The van der Waals surface area contributed by atoms with Crippen LogP contribution in [-0.4, -0.2) is 26.2 Å². The third-order valence-corrected chi connectivity index (χ3v) is 4.25. The van der Waals surface area contributed by atoms with Crippen LogP contribution in [0.2, 0.25) is 0 Å². The van der Waals surface area contributed by atoms with Crippen LogP contribution in [0.3, 0.4) is 0 Å². The smallest absolute Gasteiger partial charge is 0.263 e. The summed E-state index contributed by atoms with van der Waals surface area (Å²) in [7, 11) is -3.58. The molecule has 19 heavy (non-hydrogen) atoms. The summed E-state index contributed by atoms with van der Waals surface area (Å²) >= 11 is 0. The summed E-state index contributed by atoms with van der Waals surface area (Å²) in [4.78, 5) is 15.7. The number of benzene rings is 1. The number of nitrogens with one attached hydrogen (secondary N) is 1. The molecule has 1 atom stereocenters. The van der Waals surface area contributed by atoms with Gasteiger partial charge in [-0.3, -0.25) is 14.5 Å². The van der Waals surface area contributed by atoms with E-state index in [1.807, 2.05) is 0 Å². The third-order valence-electron chi connectivity index (χ3n) is 2.85. The first-order chi connectivity index (χ1) is 8.83. The molecule has 0 saturated carbocycles. The van der Waals surface area contributed by atoms with Crippen LogP contribution in [0.1, 0.15) is 19.4 Å². The maximum Gasteiger partial charge on any atom is 0.263 e. The molecule has 0 saturated heterocycles. The van der Waals surface area contributed by atoms with E-state index in [0.717, 1.165) is 0 Å². The Kier molecular flexibility index (Phi) is 3.32. The van der Waals surface area contributed by atoms with E-state index in [9.17, 15) is 13.2 Å². The number of sulfonamides is 1. The average Bonchev–Trinajstić information content (AvgIpc) is 2.58. The molecule has 1 heterocycles. The molecule has 3 N–H and O–H groups in total. The van der Waals surface area contributed by atoms with Gasteiger partial charge < -0.3 is 5.73 Å². The van der Waals surface area contributed by atoms with Crippen LogP contribution in [-0.2, 0) is 14.8 Å². The highest BCUT2D eigenvalue weighted by molar-refractivity contribution is 7.90. The first kappa shape index (κ1) is 13.5. The Labute approximate surface area is 111 Å². The number of fused-ring (bicyclic) bond motifs is 1. The largest absolute Gasteiger partial charge is 0.368 e. The molecular formula is C12H15N3O3S. The van der Waals surface area contributed by atoms with Gasteiger partial charge in [0.15, 0.2) is 0 Å². The average molecular weight is 281 g/mol. The van der Waals surface area contributed by atoms with Crippen molar-refractivity contribution < 1.29 is 13.2 Å². The van der Waals surface area contributed by atoms with Gasteiger partial charge in [-0.25, -0.2) is 8.42 Å². The predicted molar refractivity (Wildman–Crippen MR) is 71.1 cm³/mol. The Morgan fingerprint density at radius 1 is 1.32 bits per heavy atom. The third kappa shape index (κ3) is 2.46. The molecule has 1 aromatic rings. The van der Waals surface area contributed by atoms with Crippen LogP contribution < -0.4 is 10.5 Å². The SMILES string of the molecule is CC(C)[C@H](N=C1NS(=O)(=O)c2ccccc21)C(N)=O. The maximum absolute atomic E-state index is 11.9. The highest BCUT2D eigenvalue weighted by Gasteiger charge is 2.32. The summed E-state index contributed by atoms with van der Waals surface area (Å²) in [6.45, 7) is 3.60. The molecule has 7 heteroatoms. The zero-order valence-electron chi connectivity index (χ0n) is 10.6. The van der Waals surface area contributed by atoms with Crippen LogP contribution in [0.15, 0.2) is 34.2 Å². The van der Waals surface area contributed by atoms with Crippen LogP contribution >= 0.6 is 0 Å². The fraction of sp³-hybridized carbons (Fsp3) is 0.333. The number of amidine groups is 1. The quantitative estimate of drug-likeness (QED) is 0.829. The fourth-order valence-electron chi connectivity index (χ4n) is 1.91. The number of carbonyl (C=O) groups excluding carboxylic acids is 1. The molecule has 1 aromatic carbocycles. The second-order valence-electron chi connectivity index (χ2n) is 4.67. The van der Waals surface area contributed by atoms with Crippen molar-refractivity contribution in [3.8, 4) is 0 Å². The van der Waals surface area contributed by atoms with Gasteiger partial charge in [0.05, 0.1) is 4.90 Å². The van der Waals surface area contributed by atoms with E-state index in [1.54, 1.807) is 32.0 Å². The van der Waals surface area contributed by atoms with Crippen LogP contribution in [0.4, 0.5) is 0 Å². The van der Waals surface area contributed by atoms with Gasteiger partial charge >= 0.3 is 0 Å².